The van der Waals surface area contributed by atoms with E-state index < -0.39 is 6.10 Å². The molecule has 1 fully saturated rings. The van der Waals surface area contributed by atoms with Gasteiger partial charge in [-0.2, -0.15) is 4.98 Å². The number of aliphatic hydroxyl groups is 1. The molecule has 0 aromatic carbocycles. The Morgan fingerprint density at radius 3 is 3.12 bits per heavy atom. The molecule has 0 radical (unpaired) electrons. The van der Waals surface area contributed by atoms with Gasteiger partial charge in [-0.1, -0.05) is 5.16 Å². The molecule has 3 N–H and O–H groups in total. The predicted octanol–water partition coefficient (Wildman–Crippen LogP) is 0.0308. The van der Waals surface area contributed by atoms with E-state index in [1.54, 1.807) is 0 Å². The summed E-state index contributed by atoms with van der Waals surface area (Å²) in [5.41, 5.74) is 5.34. The third-order valence-electron chi connectivity index (χ3n) is 2.70. The van der Waals surface area contributed by atoms with Crippen molar-refractivity contribution in [3.05, 3.63) is 11.7 Å². The molecule has 2 unspecified atom stereocenters. The Bertz CT molecular complexity index is 323. The van der Waals surface area contributed by atoms with E-state index in [-0.39, 0.29) is 5.89 Å². The zero-order valence-corrected chi connectivity index (χ0v) is 9.13. The van der Waals surface area contributed by atoms with Crippen molar-refractivity contribution in [1.29, 1.82) is 0 Å². The first-order valence-electron chi connectivity index (χ1n) is 5.58. The van der Waals surface area contributed by atoms with Crippen LogP contribution in [0.4, 0.5) is 0 Å². The lowest BCUT2D eigenvalue weighted by atomic mass is 10.1. The molecule has 0 spiro atoms. The summed E-state index contributed by atoms with van der Waals surface area (Å²) in [5.74, 6) is 1.37. The van der Waals surface area contributed by atoms with Crippen molar-refractivity contribution in [2.75, 3.05) is 19.8 Å². The van der Waals surface area contributed by atoms with Gasteiger partial charge in [0, 0.05) is 19.6 Å². The summed E-state index contributed by atoms with van der Waals surface area (Å²) in [7, 11) is 0. The standard InChI is InChI=1S/C10H17N3O3/c11-3-1-8(14)10-12-9(13-16-10)5-7-2-4-15-6-7/h7-8,14H,1-6,11H2. The number of aromatic nitrogens is 2. The molecule has 90 valence electrons. The van der Waals surface area contributed by atoms with E-state index in [4.69, 9.17) is 15.0 Å². The average molecular weight is 227 g/mol. The van der Waals surface area contributed by atoms with Crippen LogP contribution in [0.1, 0.15) is 30.7 Å². The normalized spacial score (nSPS) is 22.5. The zero-order chi connectivity index (χ0) is 11.4. The van der Waals surface area contributed by atoms with Crippen molar-refractivity contribution in [1.82, 2.24) is 10.1 Å². The van der Waals surface area contributed by atoms with Gasteiger partial charge in [0.05, 0.1) is 0 Å². The van der Waals surface area contributed by atoms with Gasteiger partial charge in [0.2, 0.25) is 0 Å². The molecule has 2 atom stereocenters. The maximum absolute atomic E-state index is 9.59. The Labute approximate surface area is 93.8 Å². The second-order valence-corrected chi connectivity index (χ2v) is 4.08. The minimum atomic E-state index is -0.744. The first-order chi connectivity index (χ1) is 7.79. The van der Waals surface area contributed by atoms with Crippen molar-refractivity contribution in [3.8, 4) is 0 Å². The van der Waals surface area contributed by atoms with E-state index in [0.29, 0.717) is 24.7 Å². The van der Waals surface area contributed by atoms with Gasteiger partial charge in [-0.25, -0.2) is 0 Å². The fourth-order valence-electron chi connectivity index (χ4n) is 1.77. The fourth-order valence-corrected chi connectivity index (χ4v) is 1.77. The van der Waals surface area contributed by atoms with E-state index >= 15 is 0 Å². The van der Waals surface area contributed by atoms with Crippen molar-refractivity contribution in [2.24, 2.45) is 11.7 Å². The van der Waals surface area contributed by atoms with Crippen LogP contribution in [0.25, 0.3) is 0 Å². The highest BCUT2D eigenvalue weighted by Gasteiger charge is 2.20. The molecule has 1 aliphatic heterocycles. The van der Waals surface area contributed by atoms with Crippen LogP contribution in [0.2, 0.25) is 0 Å². The third-order valence-corrected chi connectivity index (χ3v) is 2.70. The highest BCUT2D eigenvalue weighted by atomic mass is 16.5. The molecule has 0 aliphatic carbocycles. The summed E-state index contributed by atoms with van der Waals surface area (Å²) in [6, 6.07) is 0. The molecular weight excluding hydrogens is 210 g/mol. The number of hydrogen-bond donors (Lipinski definition) is 2. The van der Waals surface area contributed by atoms with Crippen molar-refractivity contribution < 1.29 is 14.4 Å². The summed E-state index contributed by atoms with van der Waals surface area (Å²) in [6.07, 6.45) is 1.48. The van der Waals surface area contributed by atoms with Crippen LogP contribution in [0.15, 0.2) is 4.52 Å². The minimum absolute atomic E-state index is 0.263. The molecule has 2 rings (SSSR count). The second kappa shape index (κ2) is 5.38. The molecule has 6 heteroatoms. The molecule has 6 nitrogen and oxygen atoms in total. The molecule has 0 saturated carbocycles. The fraction of sp³-hybridized carbons (Fsp3) is 0.800. The van der Waals surface area contributed by atoms with Gasteiger partial charge in [-0.3, -0.25) is 0 Å². The first-order valence-corrected chi connectivity index (χ1v) is 5.58. The summed E-state index contributed by atoms with van der Waals surface area (Å²) >= 11 is 0. The number of rotatable bonds is 5. The number of nitrogens with two attached hydrogens (primary N) is 1. The SMILES string of the molecule is NCCC(O)c1nc(CC2CCOC2)no1. The van der Waals surface area contributed by atoms with Gasteiger partial charge in [0.25, 0.3) is 5.89 Å². The van der Waals surface area contributed by atoms with Crippen molar-refractivity contribution in [2.45, 2.75) is 25.4 Å². The van der Waals surface area contributed by atoms with Gasteiger partial charge in [0.1, 0.15) is 6.10 Å². The van der Waals surface area contributed by atoms with Crippen LogP contribution in [0.3, 0.4) is 0 Å². The topological polar surface area (TPSA) is 94.4 Å². The lowest BCUT2D eigenvalue weighted by Gasteiger charge is -2.02. The highest BCUT2D eigenvalue weighted by Crippen LogP contribution is 2.18. The quantitative estimate of drug-likeness (QED) is 0.737. The number of hydrogen-bond acceptors (Lipinski definition) is 6. The van der Waals surface area contributed by atoms with Gasteiger partial charge in [-0.15, -0.1) is 0 Å². The van der Waals surface area contributed by atoms with Crippen molar-refractivity contribution in [3.63, 3.8) is 0 Å². The summed E-state index contributed by atoms with van der Waals surface area (Å²) in [4.78, 5) is 4.15. The largest absolute Gasteiger partial charge is 0.383 e. The Hall–Kier alpha value is -0.980. The van der Waals surface area contributed by atoms with E-state index in [1.165, 1.54) is 0 Å². The van der Waals surface area contributed by atoms with E-state index in [2.05, 4.69) is 10.1 Å². The summed E-state index contributed by atoms with van der Waals surface area (Å²) < 4.78 is 10.3. The molecule has 2 heterocycles. The van der Waals surface area contributed by atoms with Gasteiger partial charge >= 0.3 is 0 Å². The lowest BCUT2D eigenvalue weighted by molar-refractivity contribution is 0.127. The lowest BCUT2D eigenvalue weighted by Crippen LogP contribution is -2.08. The molecule has 0 amide bonds. The number of aliphatic hydroxyl groups excluding tert-OH is 1. The Balaban J connectivity index is 1.90. The Kier molecular flexibility index (Phi) is 3.87. The molecule has 16 heavy (non-hydrogen) atoms. The highest BCUT2D eigenvalue weighted by molar-refractivity contribution is 4.92. The minimum Gasteiger partial charge on any atom is -0.383 e. The van der Waals surface area contributed by atoms with Crippen LogP contribution in [-0.4, -0.2) is 35.0 Å². The van der Waals surface area contributed by atoms with Gasteiger partial charge < -0.3 is 20.1 Å². The van der Waals surface area contributed by atoms with Crippen LogP contribution in [0, 0.1) is 5.92 Å². The summed E-state index contributed by atoms with van der Waals surface area (Å²) in [5, 5.41) is 13.4. The van der Waals surface area contributed by atoms with Crippen LogP contribution < -0.4 is 5.73 Å². The smallest absolute Gasteiger partial charge is 0.255 e. The van der Waals surface area contributed by atoms with Crippen LogP contribution >= 0.6 is 0 Å². The maximum Gasteiger partial charge on any atom is 0.255 e. The molecule has 1 aromatic rings. The van der Waals surface area contributed by atoms with E-state index in [9.17, 15) is 5.11 Å². The average Bonchev–Trinajstić information content (AvgIpc) is 2.90. The van der Waals surface area contributed by atoms with E-state index in [0.717, 1.165) is 26.1 Å². The number of nitrogens with zero attached hydrogens (tertiary/aromatic N) is 2. The maximum atomic E-state index is 9.59. The Morgan fingerprint density at radius 1 is 1.56 bits per heavy atom. The predicted molar refractivity (Wildman–Crippen MR) is 55.6 cm³/mol. The summed E-state index contributed by atoms with van der Waals surface area (Å²) in [6.45, 7) is 1.97. The van der Waals surface area contributed by atoms with Gasteiger partial charge in [0.15, 0.2) is 5.82 Å². The zero-order valence-electron chi connectivity index (χ0n) is 9.13. The Morgan fingerprint density at radius 2 is 2.44 bits per heavy atom. The molecule has 1 aromatic heterocycles. The van der Waals surface area contributed by atoms with Crippen LogP contribution in [-0.2, 0) is 11.2 Å². The van der Waals surface area contributed by atoms with Gasteiger partial charge in [-0.05, 0) is 25.3 Å². The molecule has 1 aliphatic rings. The first kappa shape index (κ1) is 11.5. The van der Waals surface area contributed by atoms with Crippen molar-refractivity contribution >= 4 is 0 Å². The van der Waals surface area contributed by atoms with Crippen LogP contribution in [0.5, 0.6) is 0 Å². The third kappa shape index (κ3) is 2.78. The molecular formula is C10H17N3O3. The van der Waals surface area contributed by atoms with E-state index in [1.807, 2.05) is 0 Å². The second-order valence-electron chi connectivity index (χ2n) is 4.08. The number of ether oxygens (including phenoxy) is 1. The monoisotopic (exact) mass is 227 g/mol. The molecule has 0 bridgehead atoms. The molecule has 1 saturated heterocycles.